The maximum absolute atomic E-state index is 12.7. The first-order valence-corrected chi connectivity index (χ1v) is 5.50. The maximum Gasteiger partial charge on any atom is 0.416 e. The van der Waals surface area contributed by atoms with E-state index in [2.05, 4.69) is 19.9 Å². The monoisotopic (exact) mass is 283 g/mol. The van der Waals surface area contributed by atoms with Gasteiger partial charge in [0.05, 0.1) is 16.6 Å². The highest BCUT2D eigenvalue weighted by Gasteiger charge is 2.31. The molecule has 2 aromatic heterocycles. The molecule has 20 heavy (non-hydrogen) atoms. The summed E-state index contributed by atoms with van der Waals surface area (Å²) in [4.78, 5) is 4.11. The first-order chi connectivity index (χ1) is 9.38. The molecule has 0 spiro atoms. The average Bonchev–Trinajstić information content (AvgIpc) is 2.92. The normalized spacial score (nSPS) is 12.2. The van der Waals surface area contributed by atoms with Crippen LogP contribution in [0.4, 0.5) is 19.0 Å². The minimum absolute atomic E-state index is 0.0273. The summed E-state index contributed by atoms with van der Waals surface area (Å²) in [6, 6.07) is 3.32. The Bertz CT molecular complexity index is 789. The smallest absolute Gasteiger partial charge is 0.379 e. The molecule has 3 aromatic rings. The summed E-state index contributed by atoms with van der Waals surface area (Å²) in [5.41, 5.74) is 5.71. The Hall–Kier alpha value is -2.58. The predicted molar refractivity (Wildman–Crippen MR) is 63.4 cm³/mol. The summed E-state index contributed by atoms with van der Waals surface area (Å²) in [7, 11) is 1.64. The molecule has 3 rings (SSSR count). The van der Waals surface area contributed by atoms with E-state index in [4.69, 9.17) is 5.73 Å². The van der Waals surface area contributed by atoms with E-state index in [0.717, 1.165) is 12.1 Å². The van der Waals surface area contributed by atoms with Crippen molar-refractivity contribution in [2.45, 2.75) is 6.18 Å². The number of fused-ring (bicyclic) bond motifs is 1. The maximum atomic E-state index is 12.7. The highest BCUT2D eigenvalue weighted by atomic mass is 19.4. The van der Waals surface area contributed by atoms with E-state index in [9.17, 15) is 13.2 Å². The summed E-state index contributed by atoms with van der Waals surface area (Å²) >= 11 is 0. The minimum Gasteiger partial charge on any atom is -0.379 e. The number of nitrogens with two attached hydrogens (primary N) is 1. The second kappa shape index (κ2) is 3.95. The molecule has 0 atom stereocenters. The van der Waals surface area contributed by atoms with Crippen LogP contribution in [0.5, 0.6) is 0 Å². The standard InChI is InChI=1S/C11H8F3N5O/c1-19-7-3-2-5(11(12,13)14)4-6(7)16-10(19)8-9(15)18-20-17-8/h2-4H,1H3,(H2,15,18). The van der Waals surface area contributed by atoms with E-state index < -0.39 is 11.7 Å². The Kier molecular flexibility index (Phi) is 2.46. The van der Waals surface area contributed by atoms with Crippen LogP contribution >= 0.6 is 0 Å². The molecule has 0 amide bonds. The number of nitrogen functional groups attached to an aromatic ring is 1. The zero-order chi connectivity index (χ0) is 14.5. The zero-order valence-corrected chi connectivity index (χ0v) is 10.1. The Labute approximate surface area is 110 Å². The van der Waals surface area contributed by atoms with Crippen LogP contribution in [-0.2, 0) is 13.2 Å². The summed E-state index contributed by atoms with van der Waals surface area (Å²) < 4.78 is 44.1. The van der Waals surface area contributed by atoms with Crippen LogP contribution in [-0.4, -0.2) is 19.9 Å². The molecule has 0 saturated carbocycles. The van der Waals surface area contributed by atoms with Gasteiger partial charge in [0.1, 0.15) is 0 Å². The molecule has 0 aliphatic rings. The number of halogens is 3. The van der Waals surface area contributed by atoms with Crippen LogP contribution in [0.3, 0.4) is 0 Å². The Morgan fingerprint density at radius 1 is 1.25 bits per heavy atom. The second-order valence-corrected chi connectivity index (χ2v) is 4.19. The molecule has 0 unspecified atom stereocenters. The number of hydrogen-bond acceptors (Lipinski definition) is 5. The summed E-state index contributed by atoms with van der Waals surface area (Å²) in [6.07, 6.45) is -4.42. The lowest BCUT2D eigenvalue weighted by Gasteiger charge is -2.05. The fourth-order valence-corrected chi connectivity index (χ4v) is 1.94. The van der Waals surface area contributed by atoms with Crippen molar-refractivity contribution in [2.24, 2.45) is 7.05 Å². The lowest BCUT2D eigenvalue weighted by molar-refractivity contribution is -0.137. The van der Waals surface area contributed by atoms with E-state index in [1.54, 1.807) is 11.6 Å². The van der Waals surface area contributed by atoms with Gasteiger partial charge in [-0.25, -0.2) is 9.61 Å². The number of anilines is 1. The van der Waals surface area contributed by atoms with Crippen LogP contribution in [0.2, 0.25) is 0 Å². The number of hydrogen-bond donors (Lipinski definition) is 1. The first-order valence-electron chi connectivity index (χ1n) is 5.50. The van der Waals surface area contributed by atoms with Gasteiger partial charge >= 0.3 is 6.18 Å². The third-order valence-electron chi connectivity index (χ3n) is 2.93. The molecule has 6 nitrogen and oxygen atoms in total. The number of rotatable bonds is 1. The fraction of sp³-hybridized carbons (Fsp3) is 0.182. The van der Waals surface area contributed by atoms with Crippen molar-refractivity contribution in [2.75, 3.05) is 5.73 Å². The third kappa shape index (κ3) is 1.78. The van der Waals surface area contributed by atoms with E-state index in [-0.39, 0.29) is 22.9 Å². The Morgan fingerprint density at radius 3 is 2.60 bits per heavy atom. The van der Waals surface area contributed by atoms with Gasteiger partial charge in [-0.1, -0.05) is 0 Å². The lowest BCUT2D eigenvalue weighted by atomic mass is 10.2. The van der Waals surface area contributed by atoms with Gasteiger partial charge in [0.25, 0.3) is 0 Å². The molecule has 1 aromatic carbocycles. The topological polar surface area (TPSA) is 82.8 Å². The molecule has 0 radical (unpaired) electrons. The molecule has 2 N–H and O–H groups in total. The van der Waals surface area contributed by atoms with Crippen molar-refractivity contribution < 1.29 is 17.8 Å². The average molecular weight is 283 g/mol. The summed E-state index contributed by atoms with van der Waals surface area (Å²) in [5.74, 6) is 0.317. The Morgan fingerprint density at radius 2 is 2.00 bits per heavy atom. The van der Waals surface area contributed by atoms with Gasteiger partial charge in [-0.05, 0) is 28.5 Å². The quantitative estimate of drug-likeness (QED) is 0.740. The van der Waals surface area contributed by atoms with Gasteiger partial charge in [-0.3, -0.25) is 0 Å². The number of benzene rings is 1. The molecule has 0 saturated heterocycles. The van der Waals surface area contributed by atoms with Gasteiger partial charge in [-0.15, -0.1) is 0 Å². The number of nitrogens with zero attached hydrogens (tertiary/aromatic N) is 4. The number of imidazole rings is 1. The molecule has 0 fully saturated rings. The second-order valence-electron chi connectivity index (χ2n) is 4.19. The van der Waals surface area contributed by atoms with Crippen molar-refractivity contribution in [1.29, 1.82) is 0 Å². The molecule has 0 bridgehead atoms. The number of alkyl halides is 3. The summed E-state index contributed by atoms with van der Waals surface area (Å²) in [5, 5.41) is 7.02. The molecule has 104 valence electrons. The van der Waals surface area contributed by atoms with Crippen molar-refractivity contribution in [3.05, 3.63) is 23.8 Å². The zero-order valence-electron chi connectivity index (χ0n) is 10.1. The largest absolute Gasteiger partial charge is 0.416 e. The van der Waals surface area contributed by atoms with Gasteiger partial charge in [0, 0.05) is 7.05 Å². The molecular weight excluding hydrogens is 275 g/mol. The van der Waals surface area contributed by atoms with Gasteiger partial charge in [-0.2, -0.15) is 13.2 Å². The van der Waals surface area contributed by atoms with Crippen LogP contribution in [0.1, 0.15) is 5.56 Å². The van der Waals surface area contributed by atoms with E-state index in [1.807, 2.05) is 0 Å². The van der Waals surface area contributed by atoms with Crippen molar-refractivity contribution in [3.8, 4) is 11.5 Å². The van der Waals surface area contributed by atoms with Gasteiger partial charge in [0.15, 0.2) is 17.3 Å². The van der Waals surface area contributed by atoms with Crippen LogP contribution in [0.15, 0.2) is 22.8 Å². The van der Waals surface area contributed by atoms with Crippen LogP contribution < -0.4 is 5.73 Å². The Balaban J connectivity index is 2.22. The van der Waals surface area contributed by atoms with Crippen LogP contribution in [0.25, 0.3) is 22.6 Å². The van der Waals surface area contributed by atoms with E-state index in [1.165, 1.54) is 6.07 Å². The van der Waals surface area contributed by atoms with Crippen LogP contribution in [0, 0.1) is 0 Å². The summed E-state index contributed by atoms with van der Waals surface area (Å²) in [6.45, 7) is 0. The SMILES string of the molecule is Cn1c(-c2nonc2N)nc2cc(C(F)(F)F)ccc21. The molecule has 9 heteroatoms. The molecule has 0 aliphatic heterocycles. The number of aryl methyl sites for hydroxylation is 1. The van der Waals surface area contributed by atoms with Gasteiger partial charge in [0.2, 0.25) is 0 Å². The highest BCUT2D eigenvalue weighted by Crippen LogP contribution is 2.32. The third-order valence-corrected chi connectivity index (χ3v) is 2.93. The molecular formula is C11H8F3N5O. The van der Waals surface area contributed by atoms with Gasteiger partial charge < -0.3 is 10.3 Å². The number of aromatic nitrogens is 4. The van der Waals surface area contributed by atoms with E-state index in [0.29, 0.717) is 5.52 Å². The fourth-order valence-electron chi connectivity index (χ4n) is 1.94. The molecule has 2 heterocycles. The minimum atomic E-state index is -4.42. The van der Waals surface area contributed by atoms with E-state index >= 15 is 0 Å². The predicted octanol–water partition coefficient (Wildman–Crippen LogP) is 2.22. The molecule has 0 aliphatic carbocycles. The lowest BCUT2D eigenvalue weighted by Crippen LogP contribution is -2.04. The highest BCUT2D eigenvalue weighted by molar-refractivity contribution is 5.82. The van der Waals surface area contributed by atoms with Crippen molar-refractivity contribution >= 4 is 16.9 Å². The van der Waals surface area contributed by atoms with Crippen molar-refractivity contribution in [3.63, 3.8) is 0 Å². The van der Waals surface area contributed by atoms with Crippen molar-refractivity contribution in [1.82, 2.24) is 19.9 Å². The first kappa shape index (κ1) is 12.5.